The van der Waals surface area contributed by atoms with Gasteiger partial charge in [-0.2, -0.15) is 0 Å². The Bertz CT molecular complexity index is 470. The van der Waals surface area contributed by atoms with E-state index in [1.54, 1.807) is 12.1 Å². The molecule has 0 spiro atoms. The molecule has 0 aliphatic carbocycles. The Hall–Kier alpha value is -0.880. The molecule has 1 amide bonds. The molecule has 1 aromatic carbocycles. The van der Waals surface area contributed by atoms with Gasteiger partial charge in [-0.1, -0.05) is 18.2 Å². The van der Waals surface area contributed by atoms with Gasteiger partial charge in [-0.15, -0.1) is 0 Å². The number of rotatable bonds is 2. The van der Waals surface area contributed by atoms with Crippen LogP contribution >= 0.6 is 0 Å². The van der Waals surface area contributed by atoms with E-state index in [-0.39, 0.29) is 43.4 Å². The SMILES string of the molecule is NC1CCc2ccccc2N(CC(=O)O)C1=O.[H-].[Na+]. The number of aliphatic carboxylic acids is 1. The molecular formula is C12H15N2NaO3. The third-order valence-corrected chi connectivity index (χ3v) is 2.88. The number of amides is 1. The minimum atomic E-state index is -1.04. The molecule has 0 saturated heterocycles. The van der Waals surface area contributed by atoms with Crippen LogP contribution in [0.2, 0.25) is 0 Å². The molecule has 1 heterocycles. The van der Waals surface area contributed by atoms with Crippen molar-refractivity contribution >= 4 is 17.6 Å². The second-order valence-corrected chi connectivity index (χ2v) is 4.09. The fourth-order valence-electron chi connectivity index (χ4n) is 2.04. The predicted molar refractivity (Wildman–Crippen MR) is 63.8 cm³/mol. The summed E-state index contributed by atoms with van der Waals surface area (Å²) < 4.78 is 0. The van der Waals surface area contributed by atoms with Crippen LogP contribution in [0.25, 0.3) is 0 Å². The van der Waals surface area contributed by atoms with E-state index < -0.39 is 12.0 Å². The molecule has 3 N–H and O–H groups in total. The maximum atomic E-state index is 12.0. The number of carbonyl (C=O) groups excluding carboxylic acids is 1. The van der Waals surface area contributed by atoms with Crippen LogP contribution in [0.3, 0.4) is 0 Å². The Labute approximate surface area is 129 Å². The van der Waals surface area contributed by atoms with Crippen molar-refractivity contribution in [2.24, 2.45) is 5.73 Å². The summed E-state index contributed by atoms with van der Waals surface area (Å²) in [6.45, 7) is -0.344. The number of nitrogens with zero attached hydrogens (tertiary/aromatic N) is 1. The van der Waals surface area contributed by atoms with Crippen LogP contribution in [-0.2, 0) is 16.0 Å². The third-order valence-electron chi connectivity index (χ3n) is 2.88. The molecule has 0 bridgehead atoms. The standard InChI is InChI=1S/C12H14N2O3.Na.H/c13-9-6-5-8-3-1-2-4-10(8)14(12(9)17)7-11(15)16;;/h1-4,9H,5-7,13H2,(H,15,16);;/q;+1;-1. The van der Waals surface area contributed by atoms with E-state index in [0.717, 1.165) is 5.56 Å². The van der Waals surface area contributed by atoms with Gasteiger partial charge in [0.15, 0.2) is 0 Å². The molecule has 0 radical (unpaired) electrons. The summed E-state index contributed by atoms with van der Waals surface area (Å²) in [6, 6.07) is 6.70. The van der Waals surface area contributed by atoms with Crippen LogP contribution in [0, 0.1) is 0 Å². The van der Waals surface area contributed by atoms with E-state index in [2.05, 4.69) is 0 Å². The zero-order chi connectivity index (χ0) is 12.4. The van der Waals surface area contributed by atoms with Gasteiger partial charge in [-0.3, -0.25) is 14.5 Å². The average Bonchev–Trinajstić information content (AvgIpc) is 2.42. The van der Waals surface area contributed by atoms with E-state index >= 15 is 0 Å². The first-order valence-electron chi connectivity index (χ1n) is 5.46. The van der Waals surface area contributed by atoms with Crippen molar-refractivity contribution in [2.45, 2.75) is 18.9 Å². The van der Waals surface area contributed by atoms with E-state index in [1.165, 1.54) is 4.90 Å². The molecule has 18 heavy (non-hydrogen) atoms. The minimum Gasteiger partial charge on any atom is -1.00 e. The Morgan fingerprint density at radius 2 is 2.17 bits per heavy atom. The Kier molecular flexibility index (Phi) is 5.34. The van der Waals surface area contributed by atoms with E-state index in [9.17, 15) is 9.59 Å². The number of hydrogen-bond donors (Lipinski definition) is 2. The van der Waals surface area contributed by atoms with Gasteiger partial charge < -0.3 is 12.3 Å². The number of hydrogen-bond acceptors (Lipinski definition) is 3. The monoisotopic (exact) mass is 258 g/mol. The van der Waals surface area contributed by atoms with Gasteiger partial charge in [0, 0.05) is 5.69 Å². The molecule has 92 valence electrons. The van der Waals surface area contributed by atoms with Gasteiger partial charge in [0.05, 0.1) is 6.04 Å². The van der Waals surface area contributed by atoms with Crippen molar-refractivity contribution in [1.82, 2.24) is 0 Å². The molecule has 1 aliphatic heterocycles. The van der Waals surface area contributed by atoms with E-state index in [0.29, 0.717) is 18.5 Å². The smallest absolute Gasteiger partial charge is 1.00 e. The summed E-state index contributed by atoms with van der Waals surface area (Å²) in [4.78, 5) is 24.0. The van der Waals surface area contributed by atoms with Crippen LogP contribution in [0.5, 0.6) is 0 Å². The predicted octanol–water partition coefficient (Wildman–Crippen LogP) is -2.51. The zero-order valence-corrected chi connectivity index (χ0v) is 12.3. The molecule has 2 rings (SSSR count). The maximum Gasteiger partial charge on any atom is 1.00 e. The quantitative estimate of drug-likeness (QED) is 0.574. The second kappa shape index (κ2) is 6.33. The number of fused-ring (bicyclic) bond motifs is 1. The molecule has 1 aliphatic rings. The molecular weight excluding hydrogens is 243 g/mol. The molecule has 1 atom stereocenters. The molecule has 0 aromatic heterocycles. The van der Waals surface area contributed by atoms with Crippen LogP contribution in [0.15, 0.2) is 24.3 Å². The summed E-state index contributed by atoms with van der Waals surface area (Å²) in [5.41, 5.74) is 7.37. The first-order valence-corrected chi connectivity index (χ1v) is 5.46. The second-order valence-electron chi connectivity index (χ2n) is 4.09. The zero-order valence-electron chi connectivity index (χ0n) is 11.3. The maximum absolute atomic E-state index is 12.0. The number of carboxylic acid groups (broad SMARTS) is 1. The Balaban J connectivity index is 0.00000162. The normalized spacial score (nSPS) is 18.6. The number of anilines is 1. The van der Waals surface area contributed by atoms with Crippen molar-refractivity contribution < 1.29 is 45.7 Å². The number of para-hydroxylation sites is 1. The molecule has 1 unspecified atom stereocenters. The topological polar surface area (TPSA) is 83.6 Å². The first kappa shape index (κ1) is 15.2. The van der Waals surface area contributed by atoms with Crippen molar-refractivity contribution in [3.63, 3.8) is 0 Å². The van der Waals surface area contributed by atoms with Gasteiger partial charge >= 0.3 is 35.5 Å². The summed E-state index contributed by atoms with van der Waals surface area (Å²) in [7, 11) is 0. The Morgan fingerprint density at radius 3 is 2.83 bits per heavy atom. The van der Waals surface area contributed by atoms with Gasteiger partial charge in [-0.05, 0) is 24.5 Å². The molecule has 6 heteroatoms. The van der Waals surface area contributed by atoms with Crippen molar-refractivity contribution in [3.05, 3.63) is 29.8 Å². The van der Waals surface area contributed by atoms with Crippen LogP contribution < -0.4 is 40.2 Å². The van der Waals surface area contributed by atoms with Gasteiger partial charge in [0.25, 0.3) is 0 Å². The molecule has 0 saturated carbocycles. The number of nitrogens with two attached hydrogens (primary N) is 1. The molecule has 5 nitrogen and oxygen atoms in total. The van der Waals surface area contributed by atoms with E-state index in [4.69, 9.17) is 10.8 Å². The van der Waals surface area contributed by atoms with Crippen LogP contribution in [0.1, 0.15) is 13.4 Å². The fraction of sp³-hybridized carbons (Fsp3) is 0.333. The first-order chi connectivity index (χ1) is 8.09. The number of carboxylic acids is 1. The van der Waals surface area contributed by atoms with Crippen molar-refractivity contribution in [3.8, 4) is 0 Å². The molecule has 1 aromatic rings. The summed E-state index contributed by atoms with van der Waals surface area (Å²) in [6.07, 6.45) is 1.24. The minimum absolute atomic E-state index is 0. The van der Waals surface area contributed by atoms with Gasteiger partial charge in [0.1, 0.15) is 6.54 Å². The summed E-state index contributed by atoms with van der Waals surface area (Å²) in [5, 5.41) is 8.85. The van der Waals surface area contributed by atoms with Crippen LogP contribution in [0.4, 0.5) is 5.69 Å². The van der Waals surface area contributed by atoms with Gasteiger partial charge in [0.2, 0.25) is 5.91 Å². The average molecular weight is 258 g/mol. The molecule has 0 fully saturated rings. The summed E-state index contributed by atoms with van der Waals surface area (Å²) >= 11 is 0. The number of carbonyl (C=O) groups is 2. The fourth-order valence-corrected chi connectivity index (χ4v) is 2.04. The Morgan fingerprint density at radius 1 is 1.50 bits per heavy atom. The van der Waals surface area contributed by atoms with Gasteiger partial charge in [-0.25, -0.2) is 0 Å². The van der Waals surface area contributed by atoms with E-state index in [1.807, 2.05) is 12.1 Å². The third kappa shape index (κ3) is 3.11. The number of aryl methyl sites for hydroxylation is 1. The largest absolute Gasteiger partial charge is 1.00 e. The number of benzene rings is 1. The van der Waals surface area contributed by atoms with Crippen molar-refractivity contribution in [1.29, 1.82) is 0 Å². The van der Waals surface area contributed by atoms with Crippen molar-refractivity contribution in [2.75, 3.05) is 11.4 Å². The van der Waals surface area contributed by atoms with Crippen LogP contribution in [-0.4, -0.2) is 29.6 Å². The summed E-state index contributed by atoms with van der Waals surface area (Å²) in [5.74, 6) is -1.36.